The highest BCUT2D eigenvalue weighted by Gasteiger charge is 2.09. The van der Waals surface area contributed by atoms with Crippen molar-refractivity contribution in [2.24, 2.45) is 5.73 Å². The number of benzene rings is 2. The van der Waals surface area contributed by atoms with Crippen LogP contribution in [0.25, 0.3) is 0 Å². The molecule has 3 amide bonds. The summed E-state index contributed by atoms with van der Waals surface area (Å²) in [5, 5.41) is 5.51. The minimum absolute atomic E-state index is 0.120. The molecule has 108 valence electrons. The van der Waals surface area contributed by atoms with E-state index in [-0.39, 0.29) is 12.1 Å². The molecule has 0 saturated heterocycles. The molecular formula is C16H17N3O2. The summed E-state index contributed by atoms with van der Waals surface area (Å²) in [6.45, 7) is 1.90. The van der Waals surface area contributed by atoms with Gasteiger partial charge in [0, 0.05) is 11.3 Å². The molecule has 4 N–H and O–H groups in total. The number of primary amides is 1. The predicted octanol–water partition coefficient (Wildman–Crippen LogP) is 2.67. The van der Waals surface area contributed by atoms with E-state index in [1.807, 2.05) is 37.3 Å². The van der Waals surface area contributed by atoms with Crippen molar-refractivity contribution >= 4 is 17.6 Å². The van der Waals surface area contributed by atoms with E-state index in [0.717, 1.165) is 5.56 Å². The number of hydrogen-bond donors (Lipinski definition) is 3. The van der Waals surface area contributed by atoms with Gasteiger partial charge in [0.25, 0.3) is 0 Å². The van der Waals surface area contributed by atoms with Crippen molar-refractivity contribution in [3.8, 4) is 0 Å². The Morgan fingerprint density at radius 1 is 1.05 bits per heavy atom. The van der Waals surface area contributed by atoms with Gasteiger partial charge >= 0.3 is 6.03 Å². The van der Waals surface area contributed by atoms with Gasteiger partial charge in [-0.15, -0.1) is 0 Å². The van der Waals surface area contributed by atoms with Crippen LogP contribution in [0.1, 0.15) is 28.9 Å². The largest absolute Gasteiger partial charge is 0.366 e. The van der Waals surface area contributed by atoms with Crippen LogP contribution < -0.4 is 16.4 Å². The molecule has 0 radical (unpaired) electrons. The summed E-state index contributed by atoms with van der Waals surface area (Å²) in [7, 11) is 0. The van der Waals surface area contributed by atoms with Gasteiger partial charge in [-0.2, -0.15) is 0 Å². The average molecular weight is 283 g/mol. The third-order valence-corrected chi connectivity index (χ3v) is 3.05. The molecule has 0 saturated carbocycles. The number of nitrogens with one attached hydrogen (secondary N) is 2. The highest BCUT2D eigenvalue weighted by Crippen LogP contribution is 2.13. The summed E-state index contributed by atoms with van der Waals surface area (Å²) < 4.78 is 0. The maximum Gasteiger partial charge on any atom is 0.319 e. The lowest BCUT2D eigenvalue weighted by atomic mass is 10.1. The summed E-state index contributed by atoms with van der Waals surface area (Å²) in [6, 6.07) is 15.7. The number of anilines is 1. The second kappa shape index (κ2) is 6.56. The van der Waals surface area contributed by atoms with E-state index in [0.29, 0.717) is 11.3 Å². The number of hydrogen-bond acceptors (Lipinski definition) is 2. The summed E-state index contributed by atoms with van der Waals surface area (Å²) in [5.74, 6) is -0.531. The lowest BCUT2D eigenvalue weighted by Gasteiger charge is -2.15. The maximum absolute atomic E-state index is 11.9. The zero-order valence-corrected chi connectivity index (χ0v) is 11.7. The number of nitrogens with two attached hydrogens (primary N) is 1. The Bertz CT molecular complexity index is 641. The Morgan fingerprint density at radius 2 is 1.76 bits per heavy atom. The summed E-state index contributed by atoms with van der Waals surface area (Å²) in [6.07, 6.45) is 0. The fraction of sp³-hybridized carbons (Fsp3) is 0.125. The number of amides is 3. The molecule has 2 aromatic carbocycles. The van der Waals surface area contributed by atoms with Gasteiger partial charge in [0.1, 0.15) is 0 Å². The van der Waals surface area contributed by atoms with Crippen LogP contribution in [0.15, 0.2) is 54.6 Å². The van der Waals surface area contributed by atoms with Crippen LogP contribution in [0, 0.1) is 0 Å². The zero-order valence-electron chi connectivity index (χ0n) is 11.7. The number of carbonyl (C=O) groups is 2. The Morgan fingerprint density at radius 3 is 2.43 bits per heavy atom. The van der Waals surface area contributed by atoms with Gasteiger partial charge in [-0.1, -0.05) is 36.4 Å². The number of carbonyl (C=O) groups excluding carboxylic acids is 2. The van der Waals surface area contributed by atoms with Crippen molar-refractivity contribution < 1.29 is 9.59 Å². The monoisotopic (exact) mass is 283 g/mol. The molecule has 21 heavy (non-hydrogen) atoms. The van der Waals surface area contributed by atoms with Crippen LogP contribution in [0.2, 0.25) is 0 Å². The first-order valence-corrected chi connectivity index (χ1v) is 6.58. The third kappa shape index (κ3) is 4.07. The molecule has 0 fully saturated rings. The minimum Gasteiger partial charge on any atom is -0.366 e. The Hall–Kier alpha value is -2.82. The van der Waals surface area contributed by atoms with E-state index in [9.17, 15) is 9.59 Å². The van der Waals surface area contributed by atoms with E-state index in [4.69, 9.17) is 5.73 Å². The molecule has 0 aliphatic carbocycles. The molecule has 0 spiro atoms. The van der Waals surface area contributed by atoms with E-state index in [1.165, 1.54) is 6.07 Å². The second-order valence-corrected chi connectivity index (χ2v) is 4.68. The molecule has 0 aliphatic rings. The Kier molecular flexibility index (Phi) is 4.56. The highest BCUT2D eigenvalue weighted by atomic mass is 16.2. The van der Waals surface area contributed by atoms with Crippen LogP contribution in [0.5, 0.6) is 0 Å². The van der Waals surface area contributed by atoms with Gasteiger partial charge < -0.3 is 16.4 Å². The smallest absolute Gasteiger partial charge is 0.319 e. The second-order valence-electron chi connectivity index (χ2n) is 4.68. The van der Waals surface area contributed by atoms with Gasteiger partial charge in [-0.25, -0.2) is 4.79 Å². The van der Waals surface area contributed by atoms with Crippen LogP contribution in [0.4, 0.5) is 10.5 Å². The normalized spacial score (nSPS) is 11.5. The van der Waals surface area contributed by atoms with Crippen molar-refractivity contribution in [3.05, 3.63) is 65.7 Å². The fourth-order valence-corrected chi connectivity index (χ4v) is 1.94. The van der Waals surface area contributed by atoms with Crippen molar-refractivity contribution in [2.45, 2.75) is 13.0 Å². The Labute approximate surface area is 123 Å². The van der Waals surface area contributed by atoms with Crippen molar-refractivity contribution in [1.82, 2.24) is 5.32 Å². The summed E-state index contributed by atoms with van der Waals surface area (Å²) >= 11 is 0. The summed E-state index contributed by atoms with van der Waals surface area (Å²) in [4.78, 5) is 23.0. The number of urea groups is 1. The first kappa shape index (κ1) is 14.6. The molecule has 2 aromatic rings. The Balaban J connectivity index is 1.99. The standard InChI is InChI=1S/C16H17N3O2/c1-11(12-6-3-2-4-7-12)18-16(21)19-14-9-5-8-13(10-14)15(17)20/h2-11H,1H3,(H2,17,20)(H2,18,19,21)/t11-/m0/s1. The van der Waals surface area contributed by atoms with Crippen LogP contribution in [-0.2, 0) is 0 Å². The van der Waals surface area contributed by atoms with E-state index < -0.39 is 5.91 Å². The molecule has 0 unspecified atom stereocenters. The SMILES string of the molecule is C[C@H](NC(=O)Nc1cccc(C(N)=O)c1)c1ccccc1. The molecular weight excluding hydrogens is 266 g/mol. The van der Waals surface area contributed by atoms with Crippen molar-refractivity contribution in [3.63, 3.8) is 0 Å². The van der Waals surface area contributed by atoms with Gasteiger partial charge in [-0.05, 0) is 30.7 Å². The van der Waals surface area contributed by atoms with Gasteiger partial charge in [-0.3, -0.25) is 4.79 Å². The third-order valence-electron chi connectivity index (χ3n) is 3.05. The molecule has 5 nitrogen and oxygen atoms in total. The first-order valence-electron chi connectivity index (χ1n) is 6.58. The van der Waals surface area contributed by atoms with Gasteiger partial charge in [0.05, 0.1) is 6.04 Å². The van der Waals surface area contributed by atoms with E-state index in [2.05, 4.69) is 10.6 Å². The molecule has 0 heterocycles. The quantitative estimate of drug-likeness (QED) is 0.806. The van der Waals surface area contributed by atoms with Crippen molar-refractivity contribution in [1.29, 1.82) is 0 Å². The topological polar surface area (TPSA) is 84.2 Å². The van der Waals surface area contributed by atoms with Gasteiger partial charge in [0.15, 0.2) is 0 Å². The minimum atomic E-state index is -0.531. The lowest BCUT2D eigenvalue weighted by Crippen LogP contribution is -2.31. The molecule has 2 rings (SSSR count). The van der Waals surface area contributed by atoms with Crippen LogP contribution in [0.3, 0.4) is 0 Å². The van der Waals surface area contributed by atoms with Gasteiger partial charge in [0.2, 0.25) is 5.91 Å². The first-order chi connectivity index (χ1) is 10.1. The fourth-order valence-electron chi connectivity index (χ4n) is 1.94. The molecule has 5 heteroatoms. The molecule has 1 atom stereocenters. The molecule has 0 aromatic heterocycles. The molecule has 0 bridgehead atoms. The van der Waals surface area contributed by atoms with Crippen LogP contribution in [-0.4, -0.2) is 11.9 Å². The lowest BCUT2D eigenvalue weighted by molar-refractivity contribution is 0.100. The average Bonchev–Trinajstić information content (AvgIpc) is 2.48. The van der Waals surface area contributed by atoms with E-state index in [1.54, 1.807) is 18.2 Å². The predicted molar refractivity (Wildman–Crippen MR) is 82.0 cm³/mol. The maximum atomic E-state index is 11.9. The number of rotatable bonds is 4. The van der Waals surface area contributed by atoms with Crippen LogP contribution >= 0.6 is 0 Å². The highest BCUT2D eigenvalue weighted by molar-refractivity contribution is 5.95. The van der Waals surface area contributed by atoms with Crippen molar-refractivity contribution in [2.75, 3.05) is 5.32 Å². The molecule has 0 aliphatic heterocycles. The zero-order chi connectivity index (χ0) is 15.2. The summed E-state index contributed by atoms with van der Waals surface area (Å²) in [5.41, 5.74) is 7.08. The van der Waals surface area contributed by atoms with E-state index >= 15 is 0 Å².